The second-order valence-corrected chi connectivity index (χ2v) is 17.7. The van der Waals surface area contributed by atoms with E-state index in [9.17, 15) is 44.6 Å². The van der Waals surface area contributed by atoms with Gasteiger partial charge in [0.15, 0.2) is 6.10 Å². The lowest BCUT2D eigenvalue weighted by atomic mass is 9.85. The van der Waals surface area contributed by atoms with Crippen LogP contribution >= 0.6 is 7.82 Å². The minimum atomic E-state index is -5.13. The fourth-order valence-electron chi connectivity index (χ4n) is 6.83. The number of allylic oxidation sites excluding steroid dienone is 8. The van der Waals surface area contributed by atoms with E-state index < -0.39 is 75.7 Å². The highest BCUT2D eigenvalue weighted by molar-refractivity contribution is 7.47. The molecule has 354 valence electrons. The standard InChI is InChI=1S/C47H83O13P/c1-3-5-7-9-11-13-15-17-19-20-22-24-26-28-30-32-34-36-41(49)59-39(38-58-61(55,56)60-47-45(53)43(51)42(50)44(52)46(47)54)37-57-40(48)35-33-31-29-27-25-23-21-18-16-14-12-10-8-6-4-2/h17-19,21-22,24,28,30,39,42-47,50-54H,3-16,20,23,25-27,29,31-38H2,1-2H3,(H,55,56). The van der Waals surface area contributed by atoms with Gasteiger partial charge in [0, 0.05) is 12.8 Å². The van der Waals surface area contributed by atoms with Crippen molar-refractivity contribution < 1.29 is 63.1 Å². The van der Waals surface area contributed by atoms with E-state index in [0.717, 1.165) is 57.8 Å². The van der Waals surface area contributed by atoms with Gasteiger partial charge in [0.05, 0.1) is 6.61 Å². The summed E-state index contributed by atoms with van der Waals surface area (Å²) < 4.78 is 33.5. The van der Waals surface area contributed by atoms with Crippen molar-refractivity contribution in [3.05, 3.63) is 48.6 Å². The van der Waals surface area contributed by atoms with Crippen LogP contribution in [-0.4, -0.2) is 98.3 Å². The average Bonchev–Trinajstić information content (AvgIpc) is 3.24. The average molecular weight is 887 g/mol. The van der Waals surface area contributed by atoms with Crippen LogP contribution in [0.4, 0.5) is 0 Å². The molecule has 0 aromatic heterocycles. The van der Waals surface area contributed by atoms with Gasteiger partial charge < -0.3 is 39.9 Å². The van der Waals surface area contributed by atoms with Crippen LogP contribution in [0.15, 0.2) is 48.6 Å². The first-order valence-corrected chi connectivity index (χ1v) is 24.9. The molecule has 6 atom stereocenters. The number of unbranched alkanes of at least 4 members (excludes halogenated alkanes) is 18. The van der Waals surface area contributed by atoms with E-state index in [0.29, 0.717) is 19.3 Å². The summed E-state index contributed by atoms with van der Waals surface area (Å²) in [5.74, 6) is -1.17. The first-order valence-electron chi connectivity index (χ1n) is 23.4. The van der Waals surface area contributed by atoms with Crippen LogP contribution in [0, 0.1) is 0 Å². The largest absolute Gasteiger partial charge is 0.472 e. The van der Waals surface area contributed by atoms with Gasteiger partial charge in [-0.15, -0.1) is 0 Å². The summed E-state index contributed by atoms with van der Waals surface area (Å²) in [5, 5.41) is 50.1. The molecule has 1 saturated carbocycles. The summed E-state index contributed by atoms with van der Waals surface area (Å²) in [5.41, 5.74) is 0. The molecule has 6 N–H and O–H groups in total. The number of carbonyl (C=O) groups is 2. The van der Waals surface area contributed by atoms with E-state index in [4.69, 9.17) is 18.5 Å². The lowest BCUT2D eigenvalue weighted by molar-refractivity contribution is -0.220. The number of aliphatic hydroxyl groups excluding tert-OH is 5. The smallest absolute Gasteiger partial charge is 0.462 e. The first-order chi connectivity index (χ1) is 29.4. The molecule has 14 heteroatoms. The number of hydrogen-bond donors (Lipinski definition) is 6. The van der Waals surface area contributed by atoms with Crippen LogP contribution in [0.3, 0.4) is 0 Å². The number of phosphoric ester groups is 1. The van der Waals surface area contributed by atoms with Crippen LogP contribution in [0.5, 0.6) is 0 Å². The predicted octanol–water partition coefficient (Wildman–Crippen LogP) is 9.17. The molecule has 6 unspecified atom stereocenters. The van der Waals surface area contributed by atoms with Gasteiger partial charge in [0.1, 0.15) is 43.2 Å². The van der Waals surface area contributed by atoms with Gasteiger partial charge in [0.25, 0.3) is 0 Å². The lowest BCUT2D eigenvalue weighted by Gasteiger charge is -2.41. The zero-order valence-electron chi connectivity index (χ0n) is 37.4. The van der Waals surface area contributed by atoms with Gasteiger partial charge >= 0.3 is 19.8 Å². The molecule has 1 aliphatic rings. The number of carbonyl (C=O) groups excluding carboxylic acids is 2. The Balaban J connectivity index is 2.51. The van der Waals surface area contributed by atoms with Crippen LogP contribution in [0.2, 0.25) is 0 Å². The SMILES string of the molecule is CCCCCCCCC=CCC=CCC=CCCCC(=O)OC(COC(=O)CCCCCCCC=CCCCCCCCC)COP(=O)(O)OC1C(O)C(O)C(O)C(O)C1O. The maximum atomic E-state index is 12.8. The molecule has 0 aromatic carbocycles. The summed E-state index contributed by atoms with van der Waals surface area (Å²) in [7, 11) is -5.13. The van der Waals surface area contributed by atoms with Crippen molar-refractivity contribution in [1.29, 1.82) is 0 Å². The molecule has 1 fully saturated rings. The number of aliphatic hydroxyl groups is 5. The molecule has 0 saturated heterocycles. The van der Waals surface area contributed by atoms with E-state index in [2.05, 4.69) is 50.3 Å². The van der Waals surface area contributed by atoms with Crippen molar-refractivity contribution in [2.45, 2.75) is 224 Å². The Morgan fingerprint density at radius 1 is 0.508 bits per heavy atom. The van der Waals surface area contributed by atoms with Crippen molar-refractivity contribution in [2.75, 3.05) is 13.2 Å². The molecule has 0 amide bonds. The minimum Gasteiger partial charge on any atom is -0.462 e. The van der Waals surface area contributed by atoms with Crippen LogP contribution in [-0.2, 0) is 32.7 Å². The summed E-state index contributed by atoms with van der Waals surface area (Å²) in [4.78, 5) is 35.7. The van der Waals surface area contributed by atoms with Gasteiger partial charge in [-0.25, -0.2) is 4.57 Å². The quantitative estimate of drug-likeness (QED) is 0.0148. The van der Waals surface area contributed by atoms with Crippen LogP contribution in [0.1, 0.15) is 181 Å². The van der Waals surface area contributed by atoms with E-state index in [1.165, 1.54) is 77.0 Å². The summed E-state index contributed by atoms with van der Waals surface area (Å²) in [6.07, 6.45) is 30.3. The topological polar surface area (TPSA) is 210 Å². The fourth-order valence-corrected chi connectivity index (χ4v) is 7.80. The molecule has 0 aliphatic heterocycles. The maximum Gasteiger partial charge on any atom is 0.472 e. The predicted molar refractivity (Wildman–Crippen MR) is 239 cm³/mol. The first kappa shape index (κ1) is 56.8. The normalized spacial score (nSPS) is 22.4. The molecule has 61 heavy (non-hydrogen) atoms. The molecular formula is C47H83O13P. The Hall–Kier alpha value is -2.19. The zero-order valence-corrected chi connectivity index (χ0v) is 38.3. The molecule has 0 bridgehead atoms. The maximum absolute atomic E-state index is 12.8. The van der Waals surface area contributed by atoms with Gasteiger partial charge in [-0.1, -0.05) is 146 Å². The third-order valence-electron chi connectivity index (χ3n) is 10.6. The second-order valence-electron chi connectivity index (χ2n) is 16.3. The second kappa shape index (κ2) is 37.2. The van der Waals surface area contributed by atoms with Gasteiger partial charge in [-0.05, 0) is 70.6 Å². The van der Waals surface area contributed by atoms with Gasteiger partial charge in [0.2, 0.25) is 0 Å². The molecule has 1 rings (SSSR count). The molecule has 0 heterocycles. The number of rotatable bonds is 38. The fraction of sp³-hybridized carbons (Fsp3) is 0.787. The highest BCUT2D eigenvalue weighted by Gasteiger charge is 2.51. The van der Waals surface area contributed by atoms with Crippen molar-refractivity contribution >= 4 is 19.8 Å². The zero-order chi connectivity index (χ0) is 45.0. The molecule has 0 aromatic rings. The van der Waals surface area contributed by atoms with E-state index in [-0.39, 0.29) is 12.8 Å². The van der Waals surface area contributed by atoms with Crippen molar-refractivity contribution in [2.24, 2.45) is 0 Å². The Kier molecular flexibility index (Phi) is 34.7. The third-order valence-corrected chi connectivity index (χ3v) is 11.6. The Labute approximate surface area is 367 Å². The Morgan fingerprint density at radius 2 is 0.902 bits per heavy atom. The summed E-state index contributed by atoms with van der Waals surface area (Å²) in [6.45, 7) is 3.24. The van der Waals surface area contributed by atoms with E-state index in [1.54, 1.807) is 0 Å². The molecule has 1 aliphatic carbocycles. The summed E-state index contributed by atoms with van der Waals surface area (Å²) in [6, 6.07) is 0. The van der Waals surface area contributed by atoms with Gasteiger partial charge in [-0.2, -0.15) is 0 Å². The number of ether oxygens (including phenoxy) is 2. The van der Waals surface area contributed by atoms with Crippen molar-refractivity contribution in [3.63, 3.8) is 0 Å². The van der Waals surface area contributed by atoms with E-state index >= 15 is 0 Å². The number of phosphoric acid groups is 1. The van der Waals surface area contributed by atoms with E-state index in [1.807, 2.05) is 12.2 Å². The molecule has 0 radical (unpaired) electrons. The summed E-state index contributed by atoms with van der Waals surface area (Å²) >= 11 is 0. The minimum absolute atomic E-state index is 0.0226. The van der Waals surface area contributed by atoms with Gasteiger partial charge in [-0.3, -0.25) is 18.6 Å². The monoisotopic (exact) mass is 887 g/mol. The number of hydrogen-bond acceptors (Lipinski definition) is 12. The molecule has 0 spiro atoms. The van der Waals surface area contributed by atoms with Crippen LogP contribution in [0.25, 0.3) is 0 Å². The highest BCUT2D eigenvalue weighted by Crippen LogP contribution is 2.47. The Morgan fingerprint density at radius 3 is 1.41 bits per heavy atom. The lowest BCUT2D eigenvalue weighted by Crippen LogP contribution is -2.64. The Bertz CT molecular complexity index is 1250. The van der Waals surface area contributed by atoms with Crippen molar-refractivity contribution in [3.8, 4) is 0 Å². The van der Waals surface area contributed by atoms with Crippen molar-refractivity contribution in [1.82, 2.24) is 0 Å². The number of esters is 2. The molecule has 13 nitrogen and oxygen atoms in total. The molecular weight excluding hydrogens is 803 g/mol. The van der Waals surface area contributed by atoms with Crippen LogP contribution < -0.4 is 0 Å². The highest BCUT2D eigenvalue weighted by atomic mass is 31.2. The third kappa shape index (κ3) is 29.7.